The first-order valence-corrected chi connectivity index (χ1v) is 31.3. The number of H-pyrrole nitrogens is 1. The largest absolute Gasteiger partial charge is 0.394 e. The molecule has 3 unspecified atom stereocenters. The highest BCUT2D eigenvalue weighted by atomic mass is 32.7. The molecular weight excluding hydrogens is 1160 g/mol. The third kappa shape index (κ3) is 12.4. The maximum absolute atomic E-state index is 14.3. The molecule has 0 aromatic carbocycles. The molecule has 4 saturated heterocycles. The third-order valence-electron chi connectivity index (χ3n) is 12.7. The Kier molecular flexibility index (Phi) is 16.3. The first-order chi connectivity index (χ1) is 37.0. The second-order valence-electron chi connectivity index (χ2n) is 17.9. The van der Waals surface area contributed by atoms with Gasteiger partial charge in [-0.2, -0.15) is 15.0 Å². The summed E-state index contributed by atoms with van der Waals surface area (Å²) in [6.07, 6.45) is -7.47. The lowest BCUT2D eigenvalue weighted by Gasteiger charge is -2.26. The van der Waals surface area contributed by atoms with Crippen LogP contribution >= 0.6 is 57.1 Å². The molecule has 4 aliphatic heterocycles. The number of anilines is 4. The van der Waals surface area contributed by atoms with E-state index in [0.717, 1.165) is 9.13 Å². The summed E-state index contributed by atoms with van der Waals surface area (Å²) in [6, 6.07) is 2.71. The lowest BCUT2D eigenvalue weighted by atomic mass is 10.2. The second-order valence-corrected chi connectivity index (χ2v) is 26.5. The zero-order valence-electron chi connectivity index (χ0n) is 40.0. The average molecular weight is 1210 g/mol. The van der Waals surface area contributed by atoms with Crippen LogP contribution in [0.5, 0.6) is 0 Å². The normalized spacial score (nSPS) is 29.8. The SMILES string of the molecule is Nc1ccn([C@H]2C[C@@H](O)[C@@H](COP(=O)(S)O[C@@H]3C[C@H](n4cnc5c(N)ncnc54)O[C@@H]3COP(=O)(S)O[C@@H]3C[C@H](n4ccc(N)nc4=O)O[C@@H]3COP(=O)(S)O[C@@H]3C[C@H](n4cnc5c(=O)[nH]c(N)nc54)O[C@@H]3CO)O2)c(=O)n1. The molecule has 0 amide bonds. The first-order valence-electron chi connectivity index (χ1n) is 23.2. The van der Waals surface area contributed by atoms with Crippen molar-refractivity contribution in [3.63, 3.8) is 0 Å². The van der Waals surface area contributed by atoms with Gasteiger partial charge in [-0.15, -0.1) is 0 Å². The fourth-order valence-electron chi connectivity index (χ4n) is 9.08. The molecule has 0 aliphatic carbocycles. The first kappa shape index (κ1) is 56.4. The van der Waals surface area contributed by atoms with Gasteiger partial charge < -0.3 is 52.1 Å². The topological polar surface area (TPSA) is 465 Å². The summed E-state index contributed by atoms with van der Waals surface area (Å²) in [5.74, 6) is -0.209. The molecule has 40 heteroatoms. The van der Waals surface area contributed by atoms with E-state index in [-0.39, 0.29) is 71.4 Å². The van der Waals surface area contributed by atoms with Crippen LogP contribution in [0.25, 0.3) is 22.3 Å². The molecule has 10 heterocycles. The van der Waals surface area contributed by atoms with E-state index >= 15 is 0 Å². The lowest BCUT2D eigenvalue weighted by molar-refractivity contribution is -0.0526. The summed E-state index contributed by atoms with van der Waals surface area (Å²) in [7, 11) is 0. The molecule has 34 nitrogen and oxygen atoms in total. The van der Waals surface area contributed by atoms with Crippen molar-refractivity contribution in [2.24, 2.45) is 0 Å². The molecule has 4 fully saturated rings. The number of rotatable bonds is 20. The van der Waals surface area contributed by atoms with Crippen LogP contribution in [0.4, 0.5) is 23.4 Å². The number of aliphatic hydroxyl groups is 2. The van der Waals surface area contributed by atoms with Gasteiger partial charge in [-0.3, -0.25) is 55.2 Å². The molecule has 0 bridgehead atoms. The Morgan fingerprint density at radius 2 is 1.05 bits per heavy atom. The number of aliphatic hydroxyl groups excluding tert-OH is 2. The zero-order chi connectivity index (χ0) is 55.4. The van der Waals surface area contributed by atoms with Gasteiger partial charge in [0.05, 0.1) is 45.2 Å². The molecule has 78 heavy (non-hydrogen) atoms. The van der Waals surface area contributed by atoms with Gasteiger partial charge in [0.1, 0.15) is 91.1 Å². The highest BCUT2D eigenvalue weighted by molar-refractivity contribution is 8.45. The van der Waals surface area contributed by atoms with Gasteiger partial charge in [-0.1, -0.05) is 36.7 Å². The number of nitrogens with two attached hydrogens (primary N) is 4. The molecule has 422 valence electrons. The van der Waals surface area contributed by atoms with Crippen molar-refractivity contribution in [1.82, 2.24) is 58.1 Å². The van der Waals surface area contributed by atoms with Crippen LogP contribution in [0.2, 0.25) is 0 Å². The fourth-order valence-corrected chi connectivity index (χ4v) is 13.6. The fraction of sp³-hybridized carbons (Fsp3) is 0.526. The number of aromatic amines is 1. The third-order valence-corrected chi connectivity index (χ3v) is 17.6. The Morgan fingerprint density at radius 3 is 1.58 bits per heavy atom. The van der Waals surface area contributed by atoms with E-state index in [2.05, 4.69) is 76.6 Å². The molecule has 0 radical (unpaired) electrons. The summed E-state index contributed by atoms with van der Waals surface area (Å²) in [6.45, 7) is -15.8. The van der Waals surface area contributed by atoms with Crippen LogP contribution in [0.1, 0.15) is 50.6 Å². The number of nitrogen functional groups attached to an aromatic ring is 4. The smallest absolute Gasteiger partial charge is 0.386 e. The van der Waals surface area contributed by atoms with Crippen molar-refractivity contribution in [2.45, 2.75) is 99.4 Å². The quantitative estimate of drug-likeness (QED) is 0.0370. The van der Waals surface area contributed by atoms with E-state index in [1.54, 1.807) is 0 Å². The van der Waals surface area contributed by atoms with Crippen molar-refractivity contribution in [3.8, 4) is 0 Å². The van der Waals surface area contributed by atoms with Crippen molar-refractivity contribution in [3.05, 3.63) is 74.8 Å². The van der Waals surface area contributed by atoms with Crippen LogP contribution < -0.4 is 39.9 Å². The van der Waals surface area contributed by atoms with E-state index < -0.39 is 138 Å². The van der Waals surface area contributed by atoms with E-state index in [1.807, 2.05) is 0 Å². The number of hydrogen-bond acceptors (Lipinski definition) is 29. The molecule has 15 atom stereocenters. The number of nitrogens with zero attached hydrogens (tertiary/aromatic N) is 11. The molecular formula is C38H49N16O18P3S3. The molecule has 6 aromatic rings. The Hall–Kier alpha value is -4.88. The van der Waals surface area contributed by atoms with Crippen LogP contribution in [0.15, 0.2) is 57.9 Å². The van der Waals surface area contributed by atoms with Crippen LogP contribution in [0, 0.1) is 0 Å². The van der Waals surface area contributed by atoms with Gasteiger partial charge >= 0.3 is 31.8 Å². The highest BCUT2D eigenvalue weighted by Gasteiger charge is 2.48. The van der Waals surface area contributed by atoms with E-state index in [1.165, 1.54) is 52.6 Å². The molecule has 0 spiro atoms. The molecule has 11 N–H and O–H groups in total. The predicted octanol–water partition coefficient (Wildman–Crippen LogP) is 0.624. The maximum Gasteiger partial charge on any atom is 0.386 e. The van der Waals surface area contributed by atoms with E-state index in [0.29, 0.717) is 0 Å². The van der Waals surface area contributed by atoms with Crippen molar-refractivity contribution in [2.75, 3.05) is 49.4 Å². The summed E-state index contributed by atoms with van der Waals surface area (Å²) in [5.41, 5.74) is 21.5. The molecule has 6 aromatic heterocycles. The van der Waals surface area contributed by atoms with Gasteiger partial charge in [0, 0.05) is 38.1 Å². The Bertz CT molecular complexity index is 3540. The summed E-state index contributed by atoms with van der Waals surface area (Å²) < 4.78 is 106. The van der Waals surface area contributed by atoms with Crippen LogP contribution in [-0.4, -0.2) is 144 Å². The Morgan fingerprint density at radius 1 is 0.603 bits per heavy atom. The van der Waals surface area contributed by atoms with Gasteiger partial charge in [0.15, 0.2) is 22.6 Å². The molecule has 0 saturated carbocycles. The average Bonchev–Trinajstić information content (AvgIpc) is 4.29. The van der Waals surface area contributed by atoms with Gasteiger partial charge in [0.25, 0.3) is 5.56 Å². The zero-order valence-corrected chi connectivity index (χ0v) is 45.3. The highest BCUT2D eigenvalue weighted by Crippen LogP contribution is 2.60. The summed E-state index contributed by atoms with van der Waals surface area (Å²) in [4.78, 5) is 68.3. The minimum atomic E-state index is -4.56. The number of ether oxygens (including phenoxy) is 4. The Balaban J connectivity index is 0.822. The molecule has 10 rings (SSSR count). The summed E-state index contributed by atoms with van der Waals surface area (Å²) >= 11 is 12.6. The van der Waals surface area contributed by atoms with Gasteiger partial charge in [0.2, 0.25) is 5.95 Å². The van der Waals surface area contributed by atoms with Crippen molar-refractivity contribution in [1.29, 1.82) is 0 Å². The number of aromatic nitrogens is 12. The number of imidazole rings is 2. The predicted molar refractivity (Wildman–Crippen MR) is 278 cm³/mol. The van der Waals surface area contributed by atoms with Crippen molar-refractivity contribution >= 4 is 103 Å². The molecule has 4 aliphatic rings. The Labute approximate surface area is 452 Å². The minimum Gasteiger partial charge on any atom is -0.394 e. The van der Waals surface area contributed by atoms with Crippen LogP contribution in [0.3, 0.4) is 0 Å². The number of thiol groups is 3. The number of hydrogen-bond donors (Lipinski definition) is 10. The lowest BCUT2D eigenvalue weighted by Crippen LogP contribution is -2.31. The van der Waals surface area contributed by atoms with Gasteiger partial charge in [-0.25, -0.2) is 43.2 Å². The summed E-state index contributed by atoms with van der Waals surface area (Å²) in [5, 5.41) is 21.0. The maximum atomic E-state index is 14.3. The minimum absolute atomic E-state index is 0.0124. The second kappa shape index (κ2) is 22.6. The van der Waals surface area contributed by atoms with Crippen molar-refractivity contribution < 1.29 is 70.0 Å². The van der Waals surface area contributed by atoms with Crippen LogP contribution in [-0.2, 0) is 59.8 Å². The number of fused-ring (bicyclic) bond motifs is 2. The monoisotopic (exact) mass is 1210 g/mol. The van der Waals surface area contributed by atoms with E-state index in [9.17, 15) is 38.3 Å². The van der Waals surface area contributed by atoms with Gasteiger partial charge in [-0.05, 0) is 12.1 Å². The van der Waals surface area contributed by atoms with E-state index in [4.69, 9.17) is 69.0 Å². The standard InChI is InChI=1S/C38H49N16O18P3S3/c39-24-1-3-51(37(58)47-24)26-5-16(56)21(67-26)10-63-73(60,76)72-19-8-28(53-14-45-30-32(41)43-13-44-33(30)53)69-23(19)12-65-75(62,78)71-18-7-27(52-4-2-25(40)48-38(52)59)68-22(18)11-64-74(61,77)70-17-6-29(66-20(17)9-55)54-15-46-31-34(54)49-36(42)50-35(31)57/h1-4,13-23,26-29,55-56H,5-12H2,(H,60,76)(H,61,77)(H,62,78)(H2,39,47,58)(H2,40,48,59)(H2,41,43,44)(H3,42,49,50,57)/t16-,17-,18-,19-,20-,21-,22-,23-,26-,27-,28-,29-,73?,74?,75?/m1/s1. The number of nitrogens with one attached hydrogen (secondary N) is 1.